The van der Waals surface area contributed by atoms with Gasteiger partial charge in [0, 0.05) is 0 Å². The third-order valence-corrected chi connectivity index (χ3v) is 2.08. The maximum Gasteiger partial charge on any atom is 0.249 e. The highest BCUT2D eigenvalue weighted by atomic mass is 35.5. The highest BCUT2D eigenvalue weighted by molar-refractivity contribution is 6.33. The molecule has 0 aliphatic rings. The summed E-state index contributed by atoms with van der Waals surface area (Å²) in [6, 6.07) is 7.28. The number of rotatable bonds is 2. The molecule has 0 saturated heterocycles. The molecule has 2 N–H and O–H groups in total. The molecule has 4 nitrogen and oxygen atoms in total. The predicted molar refractivity (Wildman–Crippen MR) is 52.6 cm³/mol. The number of nitrogens with two attached hydrogens (primary N) is 1. The van der Waals surface area contributed by atoms with E-state index < -0.39 is 0 Å². The van der Waals surface area contributed by atoms with Gasteiger partial charge in [-0.1, -0.05) is 23.7 Å². The molecule has 0 aliphatic carbocycles. The van der Waals surface area contributed by atoms with Crippen molar-refractivity contribution in [2.45, 2.75) is 6.54 Å². The van der Waals surface area contributed by atoms with Gasteiger partial charge in [-0.3, -0.25) is 0 Å². The molecule has 0 spiro atoms. The zero-order valence-corrected chi connectivity index (χ0v) is 8.03. The average molecular weight is 210 g/mol. The SMILES string of the molecule is NCc1nnc(-c2ccccc2Cl)o1. The number of benzene rings is 1. The average Bonchev–Trinajstić information content (AvgIpc) is 2.67. The van der Waals surface area contributed by atoms with Crippen LogP contribution in [0, 0.1) is 0 Å². The second-order valence-corrected chi connectivity index (χ2v) is 3.09. The van der Waals surface area contributed by atoms with Crippen LogP contribution >= 0.6 is 11.6 Å². The fraction of sp³-hybridized carbons (Fsp3) is 0.111. The summed E-state index contributed by atoms with van der Waals surface area (Å²) in [4.78, 5) is 0. The van der Waals surface area contributed by atoms with Gasteiger partial charge in [0.2, 0.25) is 11.8 Å². The van der Waals surface area contributed by atoms with Gasteiger partial charge in [-0.2, -0.15) is 0 Å². The standard InChI is InChI=1S/C9H8ClN3O/c10-7-4-2-1-3-6(7)9-13-12-8(5-11)14-9/h1-4H,5,11H2. The molecule has 0 radical (unpaired) electrons. The van der Waals surface area contributed by atoms with Gasteiger partial charge in [-0.15, -0.1) is 10.2 Å². The van der Waals surface area contributed by atoms with Gasteiger partial charge in [0.1, 0.15) is 0 Å². The van der Waals surface area contributed by atoms with Crippen molar-refractivity contribution in [1.29, 1.82) is 0 Å². The summed E-state index contributed by atoms with van der Waals surface area (Å²) in [7, 11) is 0. The molecule has 0 unspecified atom stereocenters. The van der Waals surface area contributed by atoms with Crippen LogP contribution < -0.4 is 5.73 Å². The molecule has 0 amide bonds. The quantitative estimate of drug-likeness (QED) is 0.820. The van der Waals surface area contributed by atoms with Crippen LogP contribution in [0.15, 0.2) is 28.7 Å². The minimum absolute atomic E-state index is 0.234. The highest BCUT2D eigenvalue weighted by Crippen LogP contribution is 2.25. The van der Waals surface area contributed by atoms with E-state index >= 15 is 0 Å². The second kappa shape index (κ2) is 3.77. The summed E-state index contributed by atoms with van der Waals surface area (Å²) in [5, 5.41) is 8.17. The van der Waals surface area contributed by atoms with Crippen molar-refractivity contribution in [3.8, 4) is 11.5 Å². The zero-order valence-electron chi connectivity index (χ0n) is 7.27. The lowest BCUT2D eigenvalue weighted by atomic mass is 10.2. The van der Waals surface area contributed by atoms with E-state index in [1.165, 1.54) is 0 Å². The number of hydrogen-bond acceptors (Lipinski definition) is 4. The number of halogens is 1. The lowest BCUT2D eigenvalue weighted by molar-refractivity contribution is 0.509. The van der Waals surface area contributed by atoms with E-state index in [-0.39, 0.29) is 6.54 Å². The lowest BCUT2D eigenvalue weighted by Gasteiger charge is -1.96. The fourth-order valence-corrected chi connectivity index (χ4v) is 1.30. The van der Waals surface area contributed by atoms with Crippen LogP contribution in [0.1, 0.15) is 5.89 Å². The molecule has 0 aliphatic heterocycles. The molecular weight excluding hydrogens is 202 g/mol. The van der Waals surface area contributed by atoms with Crippen LogP contribution in [0.25, 0.3) is 11.5 Å². The Hall–Kier alpha value is -1.39. The number of hydrogen-bond donors (Lipinski definition) is 1. The molecule has 1 aromatic carbocycles. The third kappa shape index (κ3) is 1.62. The van der Waals surface area contributed by atoms with Crippen molar-refractivity contribution in [2.75, 3.05) is 0 Å². The van der Waals surface area contributed by atoms with Crippen molar-refractivity contribution in [3.05, 3.63) is 35.2 Å². The van der Waals surface area contributed by atoms with Crippen LogP contribution in [-0.4, -0.2) is 10.2 Å². The smallest absolute Gasteiger partial charge is 0.249 e. The van der Waals surface area contributed by atoms with Crippen molar-refractivity contribution >= 4 is 11.6 Å². The molecule has 1 heterocycles. The largest absolute Gasteiger partial charge is 0.419 e. The Kier molecular flexibility index (Phi) is 2.47. The molecule has 72 valence electrons. The van der Waals surface area contributed by atoms with E-state index in [0.717, 1.165) is 5.56 Å². The van der Waals surface area contributed by atoms with Gasteiger partial charge in [0.15, 0.2) is 0 Å². The Morgan fingerprint density at radius 2 is 2.07 bits per heavy atom. The first-order valence-electron chi connectivity index (χ1n) is 4.08. The fourth-order valence-electron chi connectivity index (χ4n) is 1.08. The first-order chi connectivity index (χ1) is 6.81. The lowest BCUT2D eigenvalue weighted by Crippen LogP contribution is -1.95. The van der Waals surface area contributed by atoms with Gasteiger partial charge in [-0.05, 0) is 12.1 Å². The third-order valence-electron chi connectivity index (χ3n) is 1.75. The van der Waals surface area contributed by atoms with Crippen LogP contribution in [0.4, 0.5) is 0 Å². The molecule has 2 aromatic rings. The highest BCUT2D eigenvalue weighted by Gasteiger charge is 2.09. The van der Waals surface area contributed by atoms with E-state index in [2.05, 4.69) is 10.2 Å². The van der Waals surface area contributed by atoms with Crippen molar-refractivity contribution in [2.24, 2.45) is 5.73 Å². The Labute approximate surface area is 85.7 Å². The Morgan fingerprint density at radius 1 is 1.29 bits per heavy atom. The van der Waals surface area contributed by atoms with Crippen molar-refractivity contribution < 1.29 is 4.42 Å². The Balaban J connectivity index is 2.44. The summed E-state index contributed by atoms with van der Waals surface area (Å²) in [5.41, 5.74) is 6.07. The van der Waals surface area contributed by atoms with E-state index in [9.17, 15) is 0 Å². The molecule has 0 fully saturated rings. The van der Waals surface area contributed by atoms with Crippen LogP contribution in [0.5, 0.6) is 0 Å². The number of nitrogens with zero attached hydrogens (tertiary/aromatic N) is 2. The van der Waals surface area contributed by atoms with Crippen LogP contribution in [0.2, 0.25) is 5.02 Å². The molecule has 2 rings (SSSR count). The van der Waals surface area contributed by atoms with Gasteiger partial charge in [-0.25, -0.2) is 0 Å². The second-order valence-electron chi connectivity index (χ2n) is 2.68. The molecule has 14 heavy (non-hydrogen) atoms. The van der Waals surface area contributed by atoms with Gasteiger partial charge < -0.3 is 10.2 Å². The summed E-state index contributed by atoms with van der Waals surface area (Å²) >= 11 is 5.95. The Morgan fingerprint density at radius 3 is 2.71 bits per heavy atom. The van der Waals surface area contributed by atoms with E-state index in [1.807, 2.05) is 18.2 Å². The summed E-state index contributed by atoms with van der Waals surface area (Å²) in [6.07, 6.45) is 0. The van der Waals surface area contributed by atoms with Crippen molar-refractivity contribution in [1.82, 2.24) is 10.2 Å². The van der Waals surface area contributed by atoms with Crippen LogP contribution in [0.3, 0.4) is 0 Å². The molecule has 0 bridgehead atoms. The molecule has 5 heteroatoms. The van der Waals surface area contributed by atoms with Gasteiger partial charge in [0.25, 0.3) is 0 Å². The normalized spacial score (nSPS) is 10.4. The molecule has 1 aromatic heterocycles. The van der Waals surface area contributed by atoms with Crippen LogP contribution in [-0.2, 0) is 6.54 Å². The number of aromatic nitrogens is 2. The molecule has 0 saturated carbocycles. The maximum absolute atomic E-state index is 5.95. The monoisotopic (exact) mass is 209 g/mol. The molecule has 0 atom stereocenters. The zero-order chi connectivity index (χ0) is 9.97. The summed E-state index contributed by atoms with van der Waals surface area (Å²) < 4.78 is 5.27. The van der Waals surface area contributed by atoms with E-state index in [0.29, 0.717) is 16.8 Å². The predicted octanol–water partition coefficient (Wildman–Crippen LogP) is 1.85. The minimum Gasteiger partial charge on any atom is -0.419 e. The molecular formula is C9H8ClN3O. The first kappa shape index (κ1) is 9.18. The first-order valence-corrected chi connectivity index (χ1v) is 4.46. The maximum atomic E-state index is 5.95. The van der Waals surface area contributed by atoms with Crippen molar-refractivity contribution in [3.63, 3.8) is 0 Å². The van der Waals surface area contributed by atoms with E-state index in [1.54, 1.807) is 6.07 Å². The summed E-state index contributed by atoms with van der Waals surface area (Å²) in [6.45, 7) is 0.234. The van der Waals surface area contributed by atoms with Gasteiger partial charge in [0.05, 0.1) is 17.1 Å². The Bertz CT molecular complexity index is 441. The van der Waals surface area contributed by atoms with E-state index in [4.69, 9.17) is 21.8 Å². The minimum atomic E-state index is 0.234. The topological polar surface area (TPSA) is 64.9 Å². The van der Waals surface area contributed by atoms with Gasteiger partial charge >= 0.3 is 0 Å². The summed E-state index contributed by atoms with van der Waals surface area (Å²) in [5.74, 6) is 0.802.